The zero-order valence-electron chi connectivity index (χ0n) is 12.1. The molecule has 3 atom stereocenters. The first-order valence-corrected chi connectivity index (χ1v) is 7.45. The molecule has 1 aromatic heterocycles. The molecule has 0 spiro atoms. The number of thiazole rings is 1. The molecule has 0 bridgehead atoms. The summed E-state index contributed by atoms with van der Waals surface area (Å²) in [6.45, 7) is 7.39. The second-order valence-corrected chi connectivity index (χ2v) is 5.76. The smallest absolute Gasteiger partial charge is 0.326 e. The second kappa shape index (κ2) is 7.23. The van der Waals surface area contributed by atoms with Gasteiger partial charge in [0, 0.05) is 11.1 Å². The van der Waals surface area contributed by atoms with E-state index in [0.29, 0.717) is 6.42 Å². The molecule has 0 aliphatic carbocycles. The van der Waals surface area contributed by atoms with Crippen LogP contribution in [0.4, 0.5) is 4.79 Å². The number of hydrogen-bond acceptors (Lipinski definition) is 4. The predicted octanol–water partition coefficient (Wildman–Crippen LogP) is 2.31. The van der Waals surface area contributed by atoms with Crippen LogP contribution in [0.3, 0.4) is 0 Å². The highest BCUT2D eigenvalue weighted by molar-refractivity contribution is 7.09. The average molecular weight is 299 g/mol. The van der Waals surface area contributed by atoms with E-state index in [2.05, 4.69) is 15.6 Å². The maximum absolute atomic E-state index is 11.9. The highest BCUT2D eigenvalue weighted by Gasteiger charge is 2.26. The van der Waals surface area contributed by atoms with E-state index >= 15 is 0 Å². The lowest BCUT2D eigenvalue weighted by atomic mass is 9.99. The number of urea groups is 1. The lowest BCUT2D eigenvalue weighted by Crippen LogP contribution is -2.49. The summed E-state index contributed by atoms with van der Waals surface area (Å²) in [5.74, 6) is -1.15. The van der Waals surface area contributed by atoms with Gasteiger partial charge in [-0.1, -0.05) is 20.3 Å². The van der Waals surface area contributed by atoms with Crippen LogP contribution in [-0.2, 0) is 4.79 Å². The maximum atomic E-state index is 11.9. The lowest BCUT2D eigenvalue weighted by molar-refractivity contribution is -0.140. The molecule has 2 amide bonds. The zero-order valence-corrected chi connectivity index (χ0v) is 13.0. The van der Waals surface area contributed by atoms with E-state index in [0.717, 1.165) is 10.7 Å². The van der Waals surface area contributed by atoms with Crippen LogP contribution in [0.2, 0.25) is 0 Å². The van der Waals surface area contributed by atoms with Gasteiger partial charge in [0.2, 0.25) is 0 Å². The molecule has 1 heterocycles. The Kier molecular flexibility index (Phi) is 5.94. The van der Waals surface area contributed by atoms with Gasteiger partial charge in [0.1, 0.15) is 11.0 Å². The third kappa shape index (κ3) is 4.48. The number of hydrogen-bond donors (Lipinski definition) is 3. The Morgan fingerprint density at radius 1 is 1.40 bits per heavy atom. The van der Waals surface area contributed by atoms with Crippen LogP contribution in [-0.4, -0.2) is 28.1 Å². The fourth-order valence-electron chi connectivity index (χ4n) is 1.70. The van der Waals surface area contributed by atoms with Gasteiger partial charge in [-0.3, -0.25) is 0 Å². The highest BCUT2D eigenvalue weighted by Crippen LogP contribution is 2.17. The molecule has 0 saturated carbocycles. The van der Waals surface area contributed by atoms with Gasteiger partial charge in [-0.15, -0.1) is 11.3 Å². The van der Waals surface area contributed by atoms with E-state index in [1.165, 1.54) is 11.3 Å². The standard InChI is InChI=1S/C13H21N3O3S/c1-5-7(2)10(12(17)18)16-13(19)15-9(4)11-14-8(3)6-20-11/h6-7,9-10H,5H2,1-4H3,(H,17,18)(H2,15,16,19). The number of nitrogens with zero attached hydrogens (tertiary/aromatic N) is 1. The van der Waals surface area contributed by atoms with Crippen molar-refractivity contribution in [1.29, 1.82) is 0 Å². The normalized spacial score (nSPS) is 15.2. The first-order chi connectivity index (χ1) is 9.35. The number of aryl methyl sites for hydroxylation is 1. The molecule has 0 aliphatic heterocycles. The largest absolute Gasteiger partial charge is 0.480 e. The number of carboxylic acid groups (broad SMARTS) is 1. The van der Waals surface area contributed by atoms with E-state index in [4.69, 9.17) is 5.11 Å². The summed E-state index contributed by atoms with van der Waals surface area (Å²) < 4.78 is 0. The first-order valence-electron chi connectivity index (χ1n) is 6.57. The quantitative estimate of drug-likeness (QED) is 0.751. The second-order valence-electron chi connectivity index (χ2n) is 4.87. The van der Waals surface area contributed by atoms with Gasteiger partial charge in [-0.2, -0.15) is 0 Å². The number of aromatic nitrogens is 1. The Labute approximate surface area is 122 Å². The van der Waals surface area contributed by atoms with E-state index in [-0.39, 0.29) is 12.0 Å². The summed E-state index contributed by atoms with van der Waals surface area (Å²) >= 11 is 1.47. The Morgan fingerprint density at radius 2 is 2.05 bits per heavy atom. The highest BCUT2D eigenvalue weighted by atomic mass is 32.1. The van der Waals surface area contributed by atoms with Crippen LogP contribution in [0.25, 0.3) is 0 Å². The number of aliphatic carboxylic acids is 1. The van der Waals surface area contributed by atoms with Crippen molar-refractivity contribution < 1.29 is 14.7 Å². The van der Waals surface area contributed by atoms with E-state index in [1.807, 2.05) is 26.2 Å². The minimum absolute atomic E-state index is 0.129. The Hall–Kier alpha value is -1.63. The van der Waals surface area contributed by atoms with Crippen LogP contribution in [0, 0.1) is 12.8 Å². The summed E-state index contributed by atoms with van der Waals surface area (Å²) in [7, 11) is 0. The van der Waals surface area contributed by atoms with E-state index in [9.17, 15) is 9.59 Å². The van der Waals surface area contributed by atoms with Crippen molar-refractivity contribution in [2.24, 2.45) is 5.92 Å². The molecule has 0 fully saturated rings. The predicted molar refractivity (Wildman–Crippen MR) is 77.8 cm³/mol. The number of carboxylic acids is 1. The molecule has 7 heteroatoms. The van der Waals surface area contributed by atoms with Gasteiger partial charge < -0.3 is 15.7 Å². The van der Waals surface area contributed by atoms with Crippen molar-refractivity contribution in [3.05, 3.63) is 16.1 Å². The van der Waals surface area contributed by atoms with Gasteiger partial charge in [0.15, 0.2) is 0 Å². The molecule has 112 valence electrons. The minimum atomic E-state index is -1.02. The molecule has 0 aliphatic rings. The van der Waals surface area contributed by atoms with Crippen LogP contribution in [0.5, 0.6) is 0 Å². The molecule has 0 radical (unpaired) electrons. The number of amides is 2. The fraction of sp³-hybridized carbons (Fsp3) is 0.615. The summed E-state index contributed by atoms with van der Waals surface area (Å²) in [5, 5.41) is 17.0. The molecular weight excluding hydrogens is 278 g/mol. The maximum Gasteiger partial charge on any atom is 0.326 e. The molecule has 6 nitrogen and oxygen atoms in total. The number of carbonyl (C=O) groups excluding carboxylic acids is 1. The molecular formula is C13H21N3O3S. The monoisotopic (exact) mass is 299 g/mol. The summed E-state index contributed by atoms with van der Waals surface area (Å²) in [6, 6.07) is -1.62. The number of nitrogens with one attached hydrogen (secondary N) is 2. The van der Waals surface area contributed by atoms with Crippen LogP contribution in [0.15, 0.2) is 5.38 Å². The third-order valence-corrected chi connectivity index (χ3v) is 4.27. The summed E-state index contributed by atoms with van der Waals surface area (Å²) in [5.41, 5.74) is 0.905. The van der Waals surface area contributed by atoms with Crippen molar-refractivity contribution in [3.8, 4) is 0 Å². The van der Waals surface area contributed by atoms with Crippen LogP contribution in [0.1, 0.15) is 43.9 Å². The molecule has 1 aromatic rings. The number of rotatable bonds is 6. The minimum Gasteiger partial charge on any atom is -0.480 e. The van der Waals surface area contributed by atoms with Gasteiger partial charge in [-0.25, -0.2) is 14.6 Å². The first kappa shape index (κ1) is 16.4. The Morgan fingerprint density at radius 3 is 2.50 bits per heavy atom. The van der Waals surface area contributed by atoms with Gasteiger partial charge in [0.25, 0.3) is 0 Å². The van der Waals surface area contributed by atoms with Crippen molar-refractivity contribution in [2.45, 2.75) is 46.2 Å². The zero-order chi connectivity index (χ0) is 15.3. The van der Waals surface area contributed by atoms with E-state index < -0.39 is 18.0 Å². The molecule has 20 heavy (non-hydrogen) atoms. The Balaban J connectivity index is 2.59. The number of carbonyl (C=O) groups is 2. The van der Waals surface area contributed by atoms with Crippen molar-refractivity contribution in [3.63, 3.8) is 0 Å². The lowest BCUT2D eigenvalue weighted by Gasteiger charge is -2.21. The van der Waals surface area contributed by atoms with Crippen LogP contribution < -0.4 is 10.6 Å². The molecule has 0 aromatic carbocycles. The van der Waals surface area contributed by atoms with Gasteiger partial charge in [0.05, 0.1) is 6.04 Å². The summed E-state index contributed by atoms with van der Waals surface area (Å²) in [4.78, 5) is 27.3. The molecule has 0 saturated heterocycles. The van der Waals surface area contributed by atoms with Crippen molar-refractivity contribution in [1.82, 2.24) is 15.6 Å². The molecule has 3 unspecified atom stereocenters. The van der Waals surface area contributed by atoms with Gasteiger partial charge >= 0.3 is 12.0 Å². The molecule has 1 rings (SSSR count). The third-order valence-electron chi connectivity index (χ3n) is 3.12. The van der Waals surface area contributed by atoms with Crippen molar-refractivity contribution >= 4 is 23.3 Å². The topological polar surface area (TPSA) is 91.3 Å². The van der Waals surface area contributed by atoms with Crippen LogP contribution >= 0.6 is 11.3 Å². The molecule has 3 N–H and O–H groups in total. The Bertz CT molecular complexity index is 475. The fourth-order valence-corrected chi connectivity index (χ4v) is 2.50. The van der Waals surface area contributed by atoms with Gasteiger partial charge in [-0.05, 0) is 19.8 Å². The van der Waals surface area contributed by atoms with E-state index in [1.54, 1.807) is 6.92 Å². The average Bonchev–Trinajstić information content (AvgIpc) is 2.81. The summed E-state index contributed by atoms with van der Waals surface area (Å²) in [6.07, 6.45) is 0.679. The van der Waals surface area contributed by atoms with Crippen molar-refractivity contribution in [2.75, 3.05) is 0 Å². The SMILES string of the molecule is CCC(C)C(NC(=O)NC(C)c1nc(C)cs1)C(=O)O.